The molecule has 3 aromatic rings. The topological polar surface area (TPSA) is 96.3 Å². The highest BCUT2D eigenvalue weighted by Crippen LogP contribution is 2.17. The highest BCUT2D eigenvalue weighted by atomic mass is 32.1. The summed E-state index contributed by atoms with van der Waals surface area (Å²) in [6.45, 7) is 1.95. The van der Waals surface area contributed by atoms with E-state index >= 15 is 0 Å². The molecular weight excluding hydrogens is 362 g/mol. The molecule has 0 spiro atoms. The number of nitrogens with one attached hydrogen (secondary N) is 2. The largest absolute Gasteiger partial charge is 0.296 e. The van der Waals surface area contributed by atoms with Gasteiger partial charge in [0.1, 0.15) is 5.01 Å². The third-order valence-electron chi connectivity index (χ3n) is 3.52. The molecule has 0 atom stereocenters. The molecule has 0 saturated heterocycles. The van der Waals surface area contributed by atoms with Crippen LogP contribution in [0.25, 0.3) is 0 Å². The van der Waals surface area contributed by atoms with Gasteiger partial charge in [-0.25, -0.2) is 5.43 Å². The summed E-state index contributed by atoms with van der Waals surface area (Å²) in [5, 5.41) is 15.2. The fourth-order valence-electron chi connectivity index (χ4n) is 2.14. The average Bonchev–Trinajstić information content (AvgIpc) is 3.09. The molecule has 1 aromatic heterocycles. The molecular formula is C19H17N5O2S. The lowest BCUT2D eigenvalue weighted by atomic mass is 10.1. The number of benzene rings is 2. The maximum Gasteiger partial charge on any atom is 0.257 e. The number of amides is 2. The number of aryl methyl sites for hydroxylation is 1. The minimum absolute atomic E-state index is 0.0319. The van der Waals surface area contributed by atoms with Crippen LogP contribution in [0.15, 0.2) is 59.7 Å². The van der Waals surface area contributed by atoms with E-state index in [0.29, 0.717) is 15.7 Å². The molecule has 0 aliphatic rings. The fourth-order valence-corrected chi connectivity index (χ4v) is 2.88. The third kappa shape index (κ3) is 5.55. The zero-order valence-electron chi connectivity index (χ0n) is 14.5. The lowest BCUT2D eigenvalue weighted by molar-refractivity contribution is -0.120. The molecule has 2 N–H and O–H groups in total. The Bertz CT molecular complexity index is 952. The highest BCUT2D eigenvalue weighted by Gasteiger charge is 2.12. The van der Waals surface area contributed by atoms with Crippen LogP contribution in [0.5, 0.6) is 0 Å². The van der Waals surface area contributed by atoms with Crippen LogP contribution in [0.4, 0.5) is 5.13 Å². The van der Waals surface area contributed by atoms with Crippen molar-refractivity contribution < 1.29 is 9.59 Å². The minimum atomic E-state index is -0.310. The van der Waals surface area contributed by atoms with Gasteiger partial charge in [0.05, 0.1) is 12.6 Å². The van der Waals surface area contributed by atoms with E-state index in [-0.39, 0.29) is 18.2 Å². The third-order valence-corrected chi connectivity index (χ3v) is 4.35. The van der Waals surface area contributed by atoms with Crippen molar-refractivity contribution in [3.05, 3.63) is 76.3 Å². The van der Waals surface area contributed by atoms with Gasteiger partial charge in [-0.2, -0.15) is 5.10 Å². The molecule has 136 valence electrons. The van der Waals surface area contributed by atoms with E-state index in [1.165, 1.54) is 0 Å². The summed E-state index contributed by atoms with van der Waals surface area (Å²) in [6, 6.07) is 16.6. The van der Waals surface area contributed by atoms with Crippen LogP contribution in [-0.4, -0.2) is 28.2 Å². The standard InChI is InChI=1S/C19H17N5O2S/c1-13-7-9-15(10-8-13)18(26)21-19-24-23-17(27-19)11-16(25)22-20-12-14-5-3-2-4-6-14/h2-10,12H,11H2,1H3,(H,22,25)(H,21,24,26). The van der Waals surface area contributed by atoms with Gasteiger partial charge in [0.25, 0.3) is 5.91 Å². The van der Waals surface area contributed by atoms with Crippen LogP contribution in [0.2, 0.25) is 0 Å². The minimum Gasteiger partial charge on any atom is -0.296 e. The van der Waals surface area contributed by atoms with Crippen LogP contribution in [0.1, 0.15) is 26.5 Å². The zero-order valence-corrected chi connectivity index (χ0v) is 15.4. The molecule has 3 rings (SSSR count). The van der Waals surface area contributed by atoms with E-state index < -0.39 is 0 Å². The number of hydrogen-bond donors (Lipinski definition) is 2. The van der Waals surface area contributed by atoms with Crippen molar-refractivity contribution in [1.82, 2.24) is 15.6 Å². The molecule has 0 saturated carbocycles. The molecule has 0 aliphatic heterocycles. The predicted octanol–water partition coefficient (Wildman–Crippen LogP) is 2.79. The molecule has 2 amide bonds. The van der Waals surface area contributed by atoms with Gasteiger partial charge >= 0.3 is 0 Å². The van der Waals surface area contributed by atoms with E-state index in [0.717, 1.165) is 22.5 Å². The first-order valence-electron chi connectivity index (χ1n) is 8.17. The van der Waals surface area contributed by atoms with Crippen LogP contribution < -0.4 is 10.7 Å². The number of carbonyl (C=O) groups is 2. The Morgan fingerprint density at radius 1 is 1.07 bits per heavy atom. The smallest absolute Gasteiger partial charge is 0.257 e. The highest BCUT2D eigenvalue weighted by molar-refractivity contribution is 7.15. The molecule has 0 aliphatic carbocycles. The summed E-state index contributed by atoms with van der Waals surface area (Å²) in [6.07, 6.45) is 1.59. The lowest BCUT2D eigenvalue weighted by Crippen LogP contribution is -2.19. The Balaban J connectivity index is 1.51. The van der Waals surface area contributed by atoms with Gasteiger partial charge in [-0.05, 0) is 24.6 Å². The zero-order chi connectivity index (χ0) is 19.1. The SMILES string of the molecule is Cc1ccc(C(=O)Nc2nnc(CC(=O)NN=Cc3ccccc3)s2)cc1. The monoisotopic (exact) mass is 379 g/mol. The van der Waals surface area contributed by atoms with Crippen molar-refractivity contribution in [3.63, 3.8) is 0 Å². The predicted molar refractivity (Wildman–Crippen MR) is 105 cm³/mol. The first kappa shape index (κ1) is 18.4. The number of anilines is 1. The number of rotatable bonds is 6. The molecule has 0 bridgehead atoms. The molecule has 0 fully saturated rings. The summed E-state index contributed by atoms with van der Waals surface area (Å²) in [7, 11) is 0. The lowest BCUT2D eigenvalue weighted by Gasteiger charge is -2.01. The van der Waals surface area contributed by atoms with Gasteiger partial charge in [-0.1, -0.05) is 59.4 Å². The van der Waals surface area contributed by atoms with Gasteiger partial charge in [0.2, 0.25) is 11.0 Å². The number of aromatic nitrogens is 2. The summed E-state index contributed by atoms with van der Waals surface area (Å²) in [4.78, 5) is 24.1. The van der Waals surface area contributed by atoms with Gasteiger partial charge in [-0.3, -0.25) is 14.9 Å². The van der Waals surface area contributed by atoms with Crippen molar-refractivity contribution in [2.45, 2.75) is 13.3 Å². The van der Waals surface area contributed by atoms with E-state index in [4.69, 9.17) is 0 Å². The number of nitrogens with zero attached hydrogens (tertiary/aromatic N) is 3. The maximum atomic E-state index is 12.2. The molecule has 8 heteroatoms. The van der Waals surface area contributed by atoms with E-state index in [1.807, 2.05) is 49.4 Å². The second-order valence-corrected chi connectivity index (χ2v) is 6.76. The van der Waals surface area contributed by atoms with Crippen LogP contribution >= 0.6 is 11.3 Å². The molecule has 27 heavy (non-hydrogen) atoms. The van der Waals surface area contributed by atoms with Crippen molar-refractivity contribution in [2.75, 3.05) is 5.32 Å². The van der Waals surface area contributed by atoms with Crippen LogP contribution in [0, 0.1) is 6.92 Å². The molecule has 0 unspecified atom stereocenters. The second kappa shape index (κ2) is 8.81. The van der Waals surface area contributed by atoms with Crippen molar-refractivity contribution in [3.8, 4) is 0 Å². The quantitative estimate of drug-likeness (QED) is 0.508. The van der Waals surface area contributed by atoms with Crippen molar-refractivity contribution in [1.29, 1.82) is 0 Å². The Hall–Kier alpha value is -3.39. The van der Waals surface area contributed by atoms with E-state index in [9.17, 15) is 9.59 Å². The molecule has 0 radical (unpaired) electrons. The van der Waals surface area contributed by atoms with E-state index in [2.05, 4.69) is 26.0 Å². The van der Waals surface area contributed by atoms with Crippen LogP contribution in [0.3, 0.4) is 0 Å². The first-order chi connectivity index (χ1) is 13.1. The average molecular weight is 379 g/mol. The van der Waals surface area contributed by atoms with Crippen LogP contribution in [-0.2, 0) is 11.2 Å². The first-order valence-corrected chi connectivity index (χ1v) is 8.99. The maximum absolute atomic E-state index is 12.2. The summed E-state index contributed by atoms with van der Waals surface area (Å²) in [5.41, 5.74) is 4.93. The van der Waals surface area contributed by atoms with Crippen molar-refractivity contribution >= 4 is 34.5 Å². The van der Waals surface area contributed by atoms with Gasteiger partial charge in [-0.15, -0.1) is 10.2 Å². The number of hydrogen-bond acceptors (Lipinski definition) is 6. The Kier molecular flexibility index (Phi) is 6.01. The Morgan fingerprint density at radius 3 is 2.56 bits per heavy atom. The summed E-state index contributed by atoms with van der Waals surface area (Å²) < 4.78 is 0. The molecule has 1 heterocycles. The number of hydrazone groups is 1. The summed E-state index contributed by atoms with van der Waals surface area (Å²) in [5.74, 6) is -0.579. The van der Waals surface area contributed by atoms with Gasteiger partial charge < -0.3 is 0 Å². The Labute approximate surface area is 160 Å². The molecule has 2 aromatic carbocycles. The van der Waals surface area contributed by atoms with E-state index in [1.54, 1.807) is 18.3 Å². The number of carbonyl (C=O) groups excluding carboxylic acids is 2. The molecule has 7 nitrogen and oxygen atoms in total. The summed E-state index contributed by atoms with van der Waals surface area (Å²) >= 11 is 1.15. The Morgan fingerprint density at radius 2 is 1.81 bits per heavy atom. The van der Waals surface area contributed by atoms with Gasteiger partial charge in [0, 0.05) is 5.56 Å². The normalized spacial score (nSPS) is 10.7. The fraction of sp³-hybridized carbons (Fsp3) is 0.105. The second-order valence-electron chi connectivity index (χ2n) is 5.70. The van der Waals surface area contributed by atoms with Gasteiger partial charge in [0.15, 0.2) is 0 Å². The van der Waals surface area contributed by atoms with Crippen molar-refractivity contribution in [2.24, 2.45) is 5.10 Å².